The van der Waals surface area contributed by atoms with Gasteiger partial charge in [0, 0.05) is 36.3 Å². The molecule has 5 nitrogen and oxygen atoms in total. The predicted molar refractivity (Wildman–Crippen MR) is 111 cm³/mol. The molecule has 0 spiro atoms. The number of hydrogen-bond acceptors (Lipinski definition) is 5. The molecule has 26 heavy (non-hydrogen) atoms. The molecule has 7 heteroatoms. The Morgan fingerprint density at radius 2 is 1.85 bits per heavy atom. The van der Waals surface area contributed by atoms with Crippen molar-refractivity contribution in [2.45, 2.75) is 0 Å². The van der Waals surface area contributed by atoms with Gasteiger partial charge in [0.15, 0.2) is 5.13 Å². The van der Waals surface area contributed by atoms with E-state index in [1.165, 1.54) is 4.70 Å². The van der Waals surface area contributed by atoms with Crippen LogP contribution < -0.4 is 10.2 Å². The van der Waals surface area contributed by atoms with Gasteiger partial charge in [-0.1, -0.05) is 35.6 Å². The van der Waals surface area contributed by atoms with Gasteiger partial charge in [0.05, 0.1) is 16.8 Å². The van der Waals surface area contributed by atoms with Gasteiger partial charge in [0.2, 0.25) is 5.91 Å². The molecule has 0 unspecified atom stereocenters. The van der Waals surface area contributed by atoms with E-state index >= 15 is 0 Å². The lowest BCUT2D eigenvalue weighted by atomic mass is 10.3. The number of carbonyl (C=O) groups excluding carboxylic acids is 1. The van der Waals surface area contributed by atoms with Crippen LogP contribution >= 0.6 is 27.3 Å². The van der Waals surface area contributed by atoms with E-state index in [-0.39, 0.29) is 5.91 Å². The predicted octanol–water partition coefficient (Wildman–Crippen LogP) is 3.82. The van der Waals surface area contributed by atoms with Gasteiger partial charge in [-0.15, -0.1) is 0 Å². The van der Waals surface area contributed by atoms with Crippen molar-refractivity contribution in [1.29, 1.82) is 0 Å². The largest absolute Gasteiger partial charge is 0.345 e. The molecule has 0 radical (unpaired) electrons. The van der Waals surface area contributed by atoms with E-state index in [1.54, 1.807) is 11.3 Å². The third-order valence-electron chi connectivity index (χ3n) is 4.43. The Bertz CT molecular complexity index is 906. The van der Waals surface area contributed by atoms with E-state index in [0.29, 0.717) is 6.54 Å². The number of para-hydroxylation sites is 2. The molecule has 3 aromatic rings. The van der Waals surface area contributed by atoms with Crippen LogP contribution in [-0.4, -0.2) is 48.5 Å². The molecule has 1 aliphatic heterocycles. The number of rotatable bonds is 4. The summed E-state index contributed by atoms with van der Waals surface area (Å²) in [6, 6.07) is 15.8. The number of carbonyl (C=O) groups is 1. The smallest absolute Gasteiger partial charge is 0.238 e. The molecule has 4 rings (SSSR count). The Balaban J connectivity index is 1.33. The monoisotopic (exact) mass is 430 g/mol. The van der Waals surface area contributed by atoms with Crippen LogP contribution in [0.25, 0.3) is 10.2 Å². The fourth-order valence-corrected chi connectivity index (χ4v) is 4.69. The number of amides is 1. The first-order valence-corrected chi connectivity index (χ1v) is 10.2. The van der Waals surface area contributed by atoms with Gasteiger partial charge in [0.25, 0.3) is 0 Å². The molecule has 1 N–H and O–H groups in total. The second kappa shape index (κ2) is 7.73. The molecular formula is C19H19BrN4OS. The molecule has 0 atom stereocenters. The Labute approximate surface area is 164 Å². The van der Waals surface area contributed by atoms with Crippen LogP contribution in [0, 0.1) is 0 Å². The molecule has 1 aromatic heterocycles. The number of hydrogen-bond donors (Lipinski definition) is 1. The lowest BCUT2D eigenvalue weighted by Gasteiger charge is -2.34. The maximum Gasteiger partial charge on any atom is 0.238 e. The Hall–Kier alpha value is -1.96. The molecule has 1 amide bonds. The first-order chi connectivity index (χ1) is 12.7. The van der Waals surface area contributed by atoms with E-state index in [9.17, 15) is 4.79 Å². The lowest BCUT2D eigenvalue weighted by molar-refractivity contribution is -0.117. The summed E-state index contributed by atoms with van der Waals surface area (Å²) in [6.07, 6.45) is 0. The van der Waals surface area contributed by atoms with E-state index in [2.05, 4.69) is 37.1 Å². The molecular weight excluding hydrogens is 412 g/mol. The average molecular weight is 431 g/mol. The molecule has 0 aliphatic carbocycles. The van der Waals surface area contributed by atoms with Gasteiger partial charge < -0.3 is 10.2 Å². The summed E-state index contributed by atoms with van der Waals surface area (Å²) in [5, 5.41) is 4.00. The normalized spacial score (nSPS) is 15.3. The standard InChI is InChI=1S/C19H19BrN4OS/c20-15-7-4-8-16-18(15)22-19(26-16)24-11-9-23(10-12-24)13-17(25)21-14-5-2-1-3-6-14/h1-8H,9-13H2,(H,21,25). The fraction of sp³-hybridized carbons (Fsp3) is 0.263. The first kappa shape index (κ1) is 17.5. The number of nitrogens with zero attached hydrogens (tertiary/aromatic N) is 3. The number of piperazine rings is 1. The summed E-state index contributed by atoms with van der Waals surface area (Å²) in [5.74, 6) is 0.0357. The molecule has 2 heterocycles. The molecule has 1 fully saturated rings. The molecule has 2 aromatic carbocycles. The van der Waals surface area contributed by atoms with Crippen molar-refractivity contribution in [3.8, 4) is 0 Å². The van der Waals surface area contributed by atoms with Crippen LogP contribution in [-0.2, 0) is 4.79 Å². The second-order valence-electron chi connectivity index (χ2n) is 6.26. The van der Waals surface area contributed by atoms with Crippen LogP contribution in [0.2, 0.25) is 0 Å². The summed E-state index contributed by atoms with van der Waals surface area (Å²) in [5.41, 5.74) is 1.87. The van der Waals surface area contributed by atoms with Gasteiger partial charge in [-0.05, 0) is 40.2 Å². The quantitative estimate of drug-likeness (QED) is 0.683. The highest BCUT2D eigenvalue weighted by atomic mass is 79.9. The average Bonchev–Trinajstić information content (AvgIpc) is 3.09. The molecule has 1 saturated heterocycles. The molecule has 0 saturated carbocycles. The van der Waals surface area contributed by atoms with Crippen LogP contribution in [0.1, 0.15) is 0 Å². The summed E-state index contributed by atoms with van der Waals surface area (Å²) in [4.78, 5) is 21.5. The SMILES string of the molecule is O=C(CN1CCN(c2nc3c(Br)cccc3s2)CC1)Nc1ccccc1. The second-order valence-corrected chi connectivity index (χ2v) is 8.12. The van der Waals surface area contributed by atoms with Crippen LogP contribution in [0.4, 0.5) is 10.8 Å². The van der Waals surface area contributed by atoms with Crippen molar-refractivity contribution < 1.29 is 4.79 Å². The zero-order valence-corrected chi connectivity index (χ0v) is 16.6. The minimum absolute atomic E-state index is 0.0357. The minimum Gasteiger partial charge on any atom is -0.345 e. The summed E-state index contributed by atoms with van der Waals surface area (Å²) < 4.78 is 2.23. The van der Waals surface area contributed by atoms with E-state index in [4.69, 9.17) is 4.98 Å². The number of fused-ring (bicyclic) bond motifs is 1. The summed E-state index contributed by atoms with van der Waals surface area (Å²) >= 11 is 5.29. The van der Waals surface area contributed by atoms with Gasteiger partial charge in [0.1, 0.15) is 0 Å². The van der Waals surface area contributed by atoms with Crippen molar-refractivity contribution in [1.82, 2.24) is 9.88 Å². The Morgan fingerprint density at radius 3 is 2.58 bits per heavy atom. The van der Waals surface area contributed by atoms with Crippen molar-refractivity contribution in [2.75, 3.05) is 42.9 Å². The third kappa shape index (κ3) is 3.90. The van der Waals surface area contributed by atoms with Crippen LogP contribution in [0.3, 0.4) is 0 Å². The van der Waals surface area contributed by atoms with Crippen molar-refractivity contribution >= 4 is 54.2 Å². The molecule has 134 valence electrons. The van der Waals surface area contributed by atoms with Gasteiger partial charge >= 0.3 is 0 Å². The summed E-state index contributed by atoms with van der Waals surface area (Å²) in [6.45, 7) is 3.92. The van der Waals surface area contributed by atoms with E-state index in [1.807, 2.05) is 42.5 Å². The number of thiazole rings is 1. The van der Waals surface area contributed by atoms with Gasteiger partial charge in [-0.2, -0.15) is 0 Å². The van der Waals surface area contributed by atoms with Crippen LogP contribution in [0.5, 0.6) is 0 Å². The highest BCUT2D eigenvalue weighted by Gasteiger charge is 2.21. The number of benzene rings is 2. The zero-order valence-electron chi connectivity index (χ0n) is 14.2. The maximum absolute atomic E-state index is 12.2. The van der Waals surface area contributed by atoms with Crippen molar-refractivity contribution in [3.05, 3.63) is 53.0 Å². The van der Waals surface area contributed by atoms with E-state index in [0.717, 1.165) is 47.0 Å². The Kier molecular flexibility index (Phi) is 5.19. The number of halogens is 1. The highest BCUT2D eigenvalue weighted by molar-refractivity contribution is 9.10. The van der Waals surface area contributed by atoms with E-state index < -0.39 is 0 Å². The zero-order chi connectivity index (χ0) is 17.9. The topological polar surface area (TPSA) is 48.5 Å². The fourth-order valence-electron chi connectivity index (χ4n) is 3.06. The number of aromatic nitrogens is 1. The van der Waals surface area contributed by atoms with Gasteiger partial charge in [-0.25, -0.2) is 4.98 Å². The van der Waals surface area contributed by atoms with Crippen LogP contribution in [0.15, 0.2) is 53.0 Å². The number of anilines is 2. The highest BCUT2D eigenvalue weighted by Crippen LogP contribution is 2.33. The maximum atomic E-state index is 12.2. The summed E-state index contributed by atoms with van der Waals surface area (Å²) in [7, 11) is 0. The van der Waals surface area contributed by atoms with Gasteiger partial charge in [-0.3, -0.25) is 9.69 Å². The molecule has 1 aliphatic rings. The number of nitrogens with one attached hydrogen (secondary N) is 1. The van der Waals surface area contributed by atoms with Crippen molar-refractivity contribution in [3.63, 3.8) is 0 Å². The molecule has 0 bridgehead atoms. The van der Waals surface area contributed by atoms with Crippen molar-refractivity contribution in [2.24, 2.45) is 0 Å². The Morgan fingerprint density at radius 1 is 1.08 bits per heavy atom. The third-order valence-corrected chi connectivity index (χ3v) is 6.15. The lowest BCUT2D eigenvalue weighted by Crippen LogP contribution is -2.48. The minimum atomic E-state index is 0.0357. The first-order valence-electron chi connectivity index (χ1n) is 8.56.